The van der Waals surface area contributed by atoms with Crippen molar-refractivity contribution in [1.29, 1.82) is 0 Å². The van der Waals surface area contributed by atoms with E-state index in [4.69, 9.17) is 12.2 Å². The molecule has 1 aromatic rings. The summed E-state index contributed by atoms with van der Waals surface area (Å²) in [5.41, 5.74) is 1.42. The van der Waals surface area contributed by atoms with Crippen LogP contribution >= 0.6 is 12.2 Å². The molecule has 4 heteroatoms. The van der Waals surface area contributed by atoms with Crippen molar-refractivity contribution in [3.05, 3.63) is 14.7 Å². The van der Waals surface area contributed by atoms with Crippen LogP contribution in [0.4, 0.5) is 11.4 Å². The van der Waals surface area contributed by atoms with Crippen LogP contribution in [0.25, 0.3) is 0 Å². The molecule has 0 atom stereocenters. The number of anilines is 2. The Morgan fingerprint density at radius 1 is 1.20 bits per heavy atom. The van der Waals surface area contributed by atoms with Crippen molar-refractivity contribution in [2.24, 2.45) is 0 Å². The lowest BCUT2D eigenvalue weighted by Crippen LogP contribution is -2.20. The zero-order chi connectivity index (χ0) is 11.3. The second-order valence-corrected chi connectivity index (χ2v) is 4.05. The predicted molar refractivity (Wildman–Crippen MR) is 68.1 cm³/mol. The molecule has 0 amide bonds. The van der Waals surface area contributed by atoms with Crippen LogP contribution in [0.5, 0.6) is 0 Å². The first-order chi connectivity index (χ1) is 7.22. The maximum atomic E-state index is 11.2. The lowest BCUT2D eigenvalue weighted by molar-refractivity contribution is 0.685. The standard InChI is InChI=1S/C11H18N2OS/c1-3-4-5-6-7-13-9-8(12-2)10(14)11(9)15/h12-13H,3-7H2,1-2H3. The Morgan fingerprint density at radius 2 is 1.93 bits per heavy atom. The smallest absolute Gasteiger partial charge is 0.223 e. The van der Waals surface area contributed by atoms with E-state index in [0.717, 1.165) is 18.7 Å². The number of unbranched alkanes of at least 4 members (excludes halogenated alkanes) is 3. The van der Waals surface area contributed by atoms with E-state index in [0.29, 0.717) is 10.2 Å². The molecule has 0 aromatic heterocycles. The van der Waals surface area contributed by atoms with Gasteiger partial charge in [0.15, 0.2) is 0 Å². The van der Waals surface area contributed by atoms with Crippen LogP contribution in [0.1, 0.15) is 32.6 Å². The number of hydrogen-bond donors (Lipinski definition) is 2. The molecule has 0 aliphatic carbocycles. The summed E-state index contributed by atoms with van der Waals surface area (Å²) >= 11 is 4.96. The molecule has 84 valence electrons. The van der Waals surface area contributed by atoms with E-state index in [1.807, 2.05) is 0 Å². The van der Waals surface area contributed by atoms with Crippen LogP contribution < -0.4 is 16.1 Å². The first-order valence-electron chi connectivity index (χ1n) is 5.47. The summed E-state index contributed by atoms with van der Waals surface area (Å²) in [6.45, 7) is 3.09. The van der Waals surface area contributed by atoms with Crippen molar-refractivity contribution in [3.8, 4) is 0 Å². The number of hydrogen-bond acceptors (Lipinski definition) is 4. The molecule has 1 aromatic carbocycles. The summed E-state index contributed by atoms with van der Waals surface area (Å²) < 4.78 is 0.440. The lowest BCUT2D eigenvalue weighted by Gasteiger charge is -2.13. The SMILES string of the molecule is CCCCCCNc1c(NC)c(=O)c1=S. The van der Waals surface area contributed by atoms with Crippen molar-refractivity contribution in [3.63, 3.8) is 0 Å². The van der Waals surface area contributed by atoms with Gasteiger partial charge in [0.05, 0.1) is 5.69 Å². The molecule has 3 nitrogen and oxygen atoms in total. The van der Waals surface area contributed by atoms with Gasteiger partial charge in [0, 0.05) is 13.6 Å². The average molecular weight is 226 g/mol. The molecule has 2 N–H and O–H groups in total. The highest BCUT2D eigenvalue weighted by Gasteiger charge is 2.14. The molecule has 0 aliphatic rings. The zero-order valence-electron chi connectivity index (χ0n) is 9.35. The normalized spacial score (nSPS) is 10.5. The number of rotatable bonds is 7. The van der Waals surface area contributed by atoms with Gasteiger partial charge in [-0.3, -0.25) is 4.79 Å². The van der Waals surface area contributed by atoms with E-state index in [-0.39, 0.29) is 5.43 Å². The Bertz CT molecular complexity index is 380. The van der Waals surface area contributed by atoms with Crippen molar-refractivity contribution in [2.45, 2.75) is 32.6 Å². The fourth-order valence-electron chi connectivity index (χ4n) is 1.56. The van der Waals surface area contributed by atoms with Crippen LogP contribution in [0.2, 0.25) is 0 Å². The van der Waals surface area contributed by atoms with Crippen molar-refractivity contribution in [1.82, 2.24) is 0 Å². The molecule has 0 fully saturated rings. The van der Waals surface area contributed by atoms with Crippen molar-refractivity contribution in [2.75, 3.05) is 24.2 Å². The molecule has 0 saturated carbocycles. The van der Waals surface area contributed by atoms with Gasteiger partial charge in [-0.15, -0.1) is 0 Å². The highest BCUT2D eigenvalue weighted by atomic mass is 32.1. The fraction of sp³-hybridized carbons (Fsp3) is 0.636. The molecule has 1 rings (SSSR count). The first kappa shape index (κ1) is 12.2. The van der Waals surface area contributed by atoms with Crippen LogP contribution in [0.15, 0.2) is 4.79 Å². The highest BCUT2D eigenvalue weighted by Crippen LogP contribution is 2.22. The molecule has 0 saturated heterocycles. The second-order valence-electron chi connectivity index (χ2n) is 3.65. The molecule has 0 aliphatic heterocycles. The predicted octanol–water partition coefficient (Wildman–Crippen LogP) is 2.69. The third kappa shape index (κ3) is 2.78. The van der Waals surface area contributed by atoms with E-state index in [9.17, 15) is 4.79 Å². The van der Waals surface area contributed by atoms with Gasteiger partial charge in [0.25, 0.3) is 0 Å². The minimum Gasteiger partial charge on any atom is -0.383 e. The molecular weight excluding hydrogens is 208 g/mol. The summed E-state index contributed by atoms with van der Waals surface area (Å²) in [4.78, 5) is 11.2. The van der Waals surface area contributed by atoms with Gasteiger partial charge in [0.2, 0.25) is 5.43 Å². The lowest BCUT2D eigenvalue weighted by atomic mass is 10.2. The maximum absolute atomic E-state index is 11.2. The summed E-state index contributed by atoms with van der Waals surface area (Å²) in [5.74, 6) is 0. The number of nitrogens with one attached hydrogen (secondary N) is 2. The van der Waals surface area contributed by atoms with Gasteiger partial charge in [-0.1, -0.05) is 38.4 Å². The Morgan fingerprint density at radius 3 is 2.53 bits per heavy atom. The second kappa shape index (κ2) is 5.85. The third-order valence-corrected chi connectivity index (χ3v) is 2.88. The summed E-state index contributed by atoms with van der Waals surface area (Å²) in [6, 6.07) is 0. The molecular formula is C11H18N2OS. The Kier molecular flexibility index (Phi) is 4.75. The van der Waals surface area contributed by atoms with Gasteiger partial charge in [-0.2, -0.15) is 0 Å². The van der Waals surface area contributed by atoms with Gasteiger partial charge in [-0.05, 0) is 6.42 Å². The molecule has 15 heavy (non-hydrogen) atoms. The fourth-order valence-corrected chi connectivity index (χ4v) is 1.84. The van der Waals surface area contributed by atoms with Gasteiger partial charge in [0.1, 0.15) is 10.2 Å². The van der Waals surface area contributed by atoms with Gasteiger partial charge in [-0.25, -0.2) is 0 Å². The summed E-state index contributed by atoms with van der Waals surface area (Å²) in [5, 5.41) is 6.08. The maximum Gasteiger partial charge on any atom is 0.223 e. The molecule has 0 radical (unpaired) electrons. The van der Waals surface area contributed by atoms with E-state index < -0.39 is 0 Å². The minimum absolute atomic E-state index is 0.0384. The van der Waals surface area contributed by atoms with E-state index >= 15 is 0 Å². The van der Waals surface area contributed by atoms with E-state index in [2.05, 4.69) is 17.6 Å². The topological polar surface area (TPSA) is 41.1 Å². The van der Waals surface area contributed by atoms with Crippen LogP contribution in [0.3, 0.4) is 0 Å². The summed E-state index contributed by atoms with van der Waals surface area (Å²) in [6.07, 6.45) is 4.86. The molecule has 0 unspecified atom stereocenters. The Hall–Kier alpha value is -0.900. The van der Waals surface area contributed by atoms with Crippen LogP contribution in [0, 0.1) is 4.51 Å². The van der Waals surface area contributed by atoms with Gasteiger partial charge < -0.3 is 10.6 Å². The van der Waals surface area contributed by atoms with E-state index in [1.54, 1.807) is 7.05 Å². The van der Waals surface area contributed by atoms with E-state index in [1.165, 1.54) is 19.3 Å². The van der Waals surface area contributed by atoms with Crippen LogP contribution in [-0.4, -0.2) is 13.6 Å². The molecule has 0 spiro atoms. The highest BCUT2D eigenvalue weighted by molar-refractivity contribution is 7.71. The Labute approximate surface area is 95.6 Å². The van der Waals surface area contributed by atoms with Crippen molar-refractivity contribution >= 4 is 23.6 Å². The molecule has 0 heterocycles. The quantitative estimate of drug-likeness (QED) is 0.554. The first-order valence-corrected chi connectivity index (χ1v) is 5.88. The average Bonchev–Trinajstić information content (AvgIpc) is 2.26. The summed E-state index contributed by atoms with van der Waals surface area (Å²) in [7, 11) is 1.74. The minimum atomic E-state index is -0.0384. The van der Waals surface area contributed by atoms with Crippen LogP contribution in [-0.2, 0) is 0 Å². The molecule has 0 bridgehead atoms. The van der Waals surface area contributed by atoms with Gasteiger partial charge >= 0.3 is 0 Å². The monoisotopic (exact) mass is 226 g/mol. The van der Waals surface area contributed by atoms with Crippen molar-refractivity contribution < 1.29 is 0 Å². The largest absolute Gasteiger partial charge is 0.383 e. The third-order valence-electron chi connectivity index (χ3n) is 2.49. The zero-order valence-corrected chi connectivity index (χ0v) is 10.2. The Balaban J connectivity index is 2.35.